The Kier molecular flexibility index (Phi) is 4.02. The van der Waals surface area contributed by atoms with Gasteiger partial charge in [0.05, 0.1) is 11.3 Å². The number of aryl methyl sites for hydroxylation is 1. The number of anilines is 1. The molecule has 0 fully saturated rings. The maximum Gasteiger partial charge on any atom is 0.260 e. The summed E-state index contributed by atoms with van der Waals surface area (Å²) in [5.74, 6) is -0.0884. The number of amides is 1. The maximum atomic E-state index is 12.3. The molecule has 0 radical (unpaired) electrons. The Bertz CT molecular complexity index is 619. The molecule has 2 N–H and O–H groups in total. The molecule has 0 aliphatic rings. The number of carbonyl (C=O) groups excluding carboxylic acids is 1. The third kappa shape index (κ3) is 2.79. The number of hydrogen-bond acceptors (Lipinski definition) is 4. The second kappa shape index (κ2) is 5.73. The van der Waals surface area contributed by atoms with Crippen molar-refractivity contribution in [2.45, 2.75) is 33.2 Å². The Morgan fingerprint density at radius 1 is 1.50 bits per heavy atom. The molecule has 0 atom stereocenters. The van der Waals surface area contributed by atoms with Gasteiger partial charge in [0, 0.05) is 18.9 Å². The molecule has 6 heteroatoms. The highest BCUT2D eigenvalue weighted by Crippen LogP contribution is 2.22. The number of aromatic hydroxyl groups is 1. The molecule has 0 saturated heterocycles. The topological polar surface area (TPSA) is 80.0 Å². The van der Waals surface area contributed by atoms with E-state index in [1.165, 1.54) is 12.3 Å². The number of hydrogen-bond donors (Lipinski definition) is 2. The normalized spacial score (nSPS) is 10.8. The van der Waals surface area contributed by atoms with E-state index in [4.69, 9.17) is 0 Å². The van der Waals surface area contributed by atoms with E-state index in [-0.39, 0.29) is 23.4 Å². The lowest BCUT2D eigenvalue weighted by atomic mass is 10.1. The summed E-state index contributed by atoms with van der Waals surface area (Å²) in [6, 6.07) is 3.07. The number of nitrogens with one attached hydrogen (secondary N) is 1. The first kappa shape index (κ1) is 14.0. The SMILES string of the molecule is CCn1cc(C(=O)Nc2ncccc2O)c(C(C)C)n1. The van der Waals surface area contributed by atoms with E-state index < -0.39 is 0 Å². The summed E-state index contributed by atoms with van der Waals surface area (Å²) in [6.45, 7) is 6.62. The molecule has 0 bridgehead atoms. The first-order valence-corrected chi connectivity index (χ1v) is 6.55. The Balaban J connectivity index is 2.29. The molecule has 106 valence electrons. The minimum atomic E-state index is -0.317. The smallest absolute Gasteiger partial charge is 0.260 e. The molecule has 20 heavy (non-hydrogen) atoms. The van der Waals surface area contributed by atoms with Gasteiger partial charge in [0.25, 0.3) is 5.91 Å². The van der Waals surface area contributed by atoms with Gasteiger partial charge in [-0.15, -0.1) is 0 Å². The quantitative estimate of drug-likeness (QED) is 0.897. The zero-order valence-corrected chi connectivity index (χ0v) is 11.8. The average molecular weight is 274 g/mol. The van der Waals surface area contributed by atoms with E-state index in [2.05, 4.69) is 15.4 Å². The molecule has 0 unspecified atom stereocenters. The fourth-order valence-electron chi connectivity index (χ4n) is 1.87. The van der Waals surface area contributed by atoms with Crippen molar-refractivity contribution in [3.05, 3.63) is 35.8 Å². The standard InChI is InChI=1S/C14H18N4O2/c1-4-18-8-10(12(17-18)9(2)3)14(20)16-13-11(19)6-5-7-15-13/h5-9,19H,4H2,1-3H3,(H,15,16,20). The van der Waals surface area contributed by atoms with Crippen molar-refractivity contribution in [3.63, 3.8) is 0 Å². The zero-order chi connectivity index (χ0) is 14.7. The van der Waals surface area contributed by atoms with Crippen LogP contribution >= 0.6 is 0 Å². The van der Waals surface area contributed by atoms with Crippen molar-refractivity contribution in [1.29, 1.82) is 0 Å². The van der Waals surface area contributed by atoms with Gasteiger partial charge in [-0.3, -0.25) is 9.48 Å². The van der Waals surface area contributed by atoms with Crippen LogP contribution in [0.4, 0.5) is 5.82 Å². The molecule has 2 rings (SSSR count). The van der Waals surface area contributed by atoms with E-state index in [0.717, 1.165) is 5.69 Å². The molecule has 0 saturated carbocycles. The summed E-state index contributed by atoms with van der Waals surface area (Å²) in [4.78, 5) is 16.2. The van der Waals surface area contributed by atoms with Crippen molar-refractivity contribution in [2.75, 3.05) is 5.32 Å². The molecule has 0 aliphatic carbocycles. The summed E-state index contributed by atoms with van der Waals surface area (Å²) < 4.78 is 1.72. The third-order valence-corrected chi connectivity index (χ3v) is 2.92. The van der Waals surface area contributed by atoms with Crippen LogP contribution < -0.4 is 5.32 Å². The van der Waals surface area contributed by atoms with E-state index in [0.29, 0.717) is 12.1 Å². The van der Waals surface area contributed by atoms with Gasteiger partial charge in [-0.25, -0.2) is 4.98 Å². The summed E-state index contributed by atoms with van der Waals surface area (Å²) in [5, 5.41) is 16.6. The average Bonchev–Trinajstić information content (AvgIpc) is 2.86. The molecule has 0 aromatic carbocycles. The Hall–Kier alpha value is -2.37. The second-order valence-corrected chi connectivity index (χ2v) is 4.76. The lowest BCUT2D eigenvalue weighted by molar-refractivity contribution is 0.102. The number of aromatic nitrogens is 3. The monoisotopic (exact) mass is 274 g/mol. The highest BCUT2D eigenvalue weighted by atomic mass is 16.3. The van der Waals surface area contributed by atoms with Crippen LogP contribution in [0.2, 0.25) is 0 Å². The van der Waals surface area contributed by atoms with Crippen LogP contribution in [-0.4, -0.2) is 25.8 Å². The van der Waals surface area contributed by atoms with E-state index in [9.17, 15) is 9.90 Å². The lowest BCUT2D eigenvalue weighted by Gasteiger charge is -2.07. The van der Waals surface area contributed by atoms with E-state index in [1.807, 2.05) is 20.8 Å². The molecule has 2 heterocycles. The second-order valence-electron chi connectivity index (χ2n) is 4.76. The minimum Gasteiger partial charge on any atom is -0.504 e. The Morgan fingerprint density at radius 3 is 2.85 bits per heavy atom. The van der Waals surface area contributed by atoms with Crippen molar-refractivity contribution in [3.8, 4) is 5.75 Å². The number of carbonyl (C=O) groups is 1. The Labute approximate surface area is 117 Å². The molecule has 6 nitrogen and oxygen atoms in total. The van der Waals surface area contributed by atoms with Gasteiger partial charge in [-0.1, -0.05) is 13.8 Å². The predicted octanol–water partition coefficient (Wildman–Crippen LogP) is 2.38. The number of pyridine rings is 1. The van der Waals surface area contributed by atoms with Crippen LogP contribution in [0.5, 0.6) is 5.75 Å². The van der Waals surface area contributed by atoms with Crippen molar-refractivity contribution < 1.29 is 9.90 Å². The summed E-state index contributed by atoms with van der Waals surface area (Å²) in [5.41, 5.74) is 1.24. The van der Waals surface area contributed by atoms with Crippen LogP contribution in [0.1, 0.15) is 42.7 Å². The highest BCUT2D eigenvalue weighted by Gasteiger charge is 2.19. The van der Waals surface area contributed by atoms with Crippen molar-refractivity contribution in [2.24, 2.45) is 0 Å². The van der Waals surface area contributed by atoms with Gasteiger partial charge >= 0.3 is 0 Å². The molecule has 0 aliphatic heterocycles. The van der Waals surface area contributed by atoms with E-state index >= 15 is 0 Å². The molecular weight excluding hydrogens is 256 g/mol. The van der Waals surface area contributed by atoms with Crippen LogP contribution in [0.25, 0.3) is 0 Å². The minimum absolute atomic E-state index is 0.0603. The van der Waals surface area contributed by atoms with Gasteiger partial charge in [0.15, 0.2) is 11.6 Å². The zero-order valence-electron chi connectivity index (χ0n) is 11.8. The van der Waals surface area contributed by atoms with Crippen LogP contribution in [-0.2, 0) is 6.54 Å². The van der Waals surface area contributed by atoms with E-state index in [1.54, 1.807) is 16.9 Å². The number of nitrogens with zero attached hydrogens (tertiary/aromatic N) is 3. The molecule has 0 spiro atoms. The highest BCUT2D eigenvalue weighted by molar-refractivity contribution is 6.05. The van der Waals surface area contributed by atoms with Gasteiger partial charge in [-0.2, -0.15) is 5.10 Å². The van der Waals surface area contributed by atoms with Crippen molar-refractivity contribution in [1.82, 2.24) is 14.8 Å². The summed E-state index contributed by atoms with van der Waals surface area (Å²) >= 11 is 0. The third-order valence-electron chi connectivity index (χ3n) is 2.92. The first-order valence-electron chi connectivity index (χ1n) is 6.55. The van der Waals surface area contributed by atoms with Gasteiger partial charge in [0.1, 0.15) is 0 Å². The van der Waals surface area contributed by atoms with Gasteiger partial charge < -0.3 is 10.4 Å². The largest absolute Gasteiger partial charge is 0.504 e. The fraction of sp³-hybridized carbons (Fsp3) is 0.357. The van der Waals surface area contributed by atoms with Crippen molar-refractivity contribution >= 4 is 11.7 Å². The van der Waals surface area contributed by atoms with Gasteiger partial charge in [-0.05, 0) is 25.0 Å². The van der Waals surface area contributed by atoms with Crippen LogP contribution in [0.3, 0.4) is 0 Å². The number of rotatable bonds is 4. The van der Waals surface area contributed by atoms with Crippen LogP contribution in [0.15, 0.2) is 24.5 Å². The van der Waals surface area contributed by atoms with Gasteiger partial charge in [0.2, 0.25) is 0 Å². The molecule has 1 amide bonds. The summed E-state index contributed by atoms with van der Waals surface area (Å²) in [6.07, 6.45) is 3.22. The maximum absolute atomic E-state index is 12.3. The predicted molar refractivity (Wildman–Crippen MR) is 75.8 cm³/mol. The lowest BCUT2D eigenvalue weighted by Crippen LogP contribution is -2.14. The molecule has 2 aromatic heterocycles. The first-order chi connectivity index (χ1) is 9.52. The molecule has 2 aromatic rings. The Morgan fingerprint density at radius 2 is 2.25 bits per heavy atom. The fourth-order valence-corrected chi connectivity index (χ4v) is 1.87. The molecular formula is C14H18N4O2. The van der Waals surface area contributed by atoms with Crippen LogP contribution in [0, 0.1) is 0 Å². The summed E-state index contributed by atoms with van der Waals surface area (Å²) in [7, 11) is 0.